The molecular weight excluding hydrogens is 377 g/mol. The molecule has 1 saturated heterocycles. The molecule has 2 rings (SSSR count). The van der Waals surface area contributed by atoms with E-state index < -0.39 is 0 Å². The predicted molar refractivity (Wildman–Crippen MR) is 99.5 cm³/mol. The molecule has 0 amide bonds. The largest absolute Gasteiger partial charge is 0.382 e. The average Bonchev–Trinajstić information content (AvgIpc) is 2.90. The van der Waals surface area contributed by atoms with Crippen molar-refractivity contribution in [3.05, 3.63) is 0 Å². The number of likely N-dealkylation sites (tertiary alicyclic amines) is 1. The summed E-state index contributed by atoms with van der Waals surface area (Å²) < 4.78 is 5.36. The van der Waals surface area contributed by atoms with Gasteiger partial charge in [0.25, 0.3) is 0 Å². The quantitative estimate of drug-likeness (QED) is 0.317. The number of hydrogen-bond acceptors (Lipinski definition) is 2. The lowest BCUT2D eigenvalue weighted by atomic mass is 9.82. The van der Waals surface area contributed by atoms with Crippen molar-refractivity contribution in [2.45, 2.75) is 45.4 Å². The average molecular weight is 409 g/mol. The molecule has 2 unspecified atom stereocenters. The summed E-state index contributed by atoms with van der Waals surface area (Å²) in [7, 11) is 1.91. The number of guanidine groups is 1. The van der Waals surface area contributed by atoms with Gasteiger partial charge in [-0.25, -0.2) is 0 Å². The Balaban J connectivity index is 0.00000220. The minimum Gasteiger partial charge on any atom is -0.382 e. The molecule has 2 atom stereocenters. The van der Waals surface area contributed by atoms with Gasteiger partial charge in [-0.15, -0.1) is 24.0 Å². The van der Waals surface area contributed by atoms with Gasteiger partial charge in [-0.2, -0.15) is 0 Å². The van der Waals surface area contributed by atoms with Gasteiger partial charge in [0.2, 0.25) is 0 Å². The lowest BCUT2D eigenvalue weighted by molar-refractivity contribution is 0.143. The fourth-order valence-corrected chi connectivity index (χ4v) is 3.58. The normalized spacial score (nSPS) is 25.4. The Labute approximate surface area is 147 Å². The van der Waals surface area contributed by atoms with E-state index in [0.29, 0.717) is 0 Å². The molecule has 0 radical (unpaired) electrons. The maximum atomic E-state index is 5.36. The summed E-state index contributed by atoms with van der Waals surface area (Å²) in [6.45, 7) is 7.18. The number of hydrogen-bond donors (Lipinski definition) is 1. The molecule has 1 heterocycles. The molecule has 124 valence electrons. The number of unbranched alkanes of at least 4 members (excludes halogenated alkanes) is 1. The molecule has 1 saturated carbocycles. The van der Waals surface area contributed by atoms with Crippen molar-refractivity contribution in [3.63, 3.8) is 0 Å². The molecule has 0 spiro atoms. The SMILES string of the molecule is CCOCCCCNC(=NC)N1CC2CCCCC2C1.I. The molecule has 0 bridgehead atoms. The minimum absolute atomic E-state index is 0. The van der Waals surface area contributed by atoms with Gasteiger partial charge in [0.15, 0.2) is 5.96 Å². The number of nitrogens with zero attached hydrogens (tertiary/aromatic N) is 2. The van der Waals surface area contributed by atoms with E-state index in [4.69, 9.17) is 4.74 Å². The van der Waals surface area contributed by atoms with E-state index in [1.165, 1.54) is 38.8 Å². The van der Waals surface area contributed by atoms with Crippen molar-refractivity contribution in [2.24, 2.45) is 16.8 Å². The van der Waals surface area contributed by atoms with Gasteiger partial charge in [-0.3, -0.25) is 4.99 Å². The van der Waals surface area contributed by atoms with Crippen LogP contribution in [-0.4, -0.2) is 50.8 Å². The highest BCUT2D eigenvalue weighted by Gasteiger charge is 2.35. The van der Waals surface area contributed by atoms with Gasteiger partial charge in [-0.1, -0.05) is 12.8 Å². The molecule has 1 N–H and O–H groups in total. The minimum atomic E-state index is 0. The Hall–Kier alpha value is -0.0400. The molecule has 0 aromatic rings. The van der Waals surface area contributed by atoms with Crippen LogP contribution in [0.2, 0.25) is 0 Å². The number of rotatable bonds is 6. The van der Waals surface area contributed by atoms with Gasteiger partial charge < -0.3 is 15.0 Å². The first-order valence-corrected chi connectivity index (χ1v) is 8.38. The summed E-state index contributed by atoms with van der Waals surface area (Å²) in [4.78, 5) is 6.94. The van der Waals surface area contributed by atoms with Gasteiger partial charge in [0.05, 0.1) is 0 Å². The van der Waals surface area contributed by atoms with Crippen LogP contribution in [-0.2, 0) is 4.74 Å². The molecule has 1 aliphatic heterocycles. The van der Waals surface area contributed by atoms with Crippen LogP contribution in [0.1, 0.15) is 45.4 Å². The zero-order chi connectivity index (χ0) is 14.2. The summed E-state index contributed by atoms with van der Waals surface area (Å²) in [5, 5.41) is 3.52. The van der Waals surface area contributed by atoms with Crippen molar-refractivity contribution >= 4 is 29.9 Å². The summed E-state index contributed by atoms with van der Waals surface area (Å²) in [5.74, 6) is 2.94. The highest BCUT2D eigenvalue weighted by molar-refractivity contribution is 14.0. The maximum Gasteiger partial charge on any atom is 0.193 e. The van der Waals surface area contributed by atoms with Crippen LogP contribution in [0.5, 0.6) is 0 Å². The molecule has 1 aliphatic carbocycles. The predicted octanol–water partition coefficient (Wildman–Crippen LogP) is 3.12. The molecule has 2 fully saturated rings. The van der Waals surface area contributed by atoms with Crippen molar-refractivity contribution < 1.29 is 4.74 Å². The monoisotopic (exact) mass is 409 g/mol. The van der Waals surface area contributed by atoms with Gasteiger partial charge in [-0.05, 0) is 44.4 Å². The van der Waals surface area contributed by atoms with E-state index in [-0.39, 0.29) is 24.0 Å². The number of ether oxygens (including phenoxy) is 1. The van der Waals surface area contributed by atoms with Crippen molar-refractivity contribution in [3.8, 4) is 0 Å². The number of fused-ring (bicyclic) bond motifs is 1. The van der Waals surface area contributed by atoms with Gasteiger partial charge in [0.1, 0.15) is 0 Å². The second kappa shape index (κ2) is 10.6. The van der Waals surface area contributed by atoms with Gasteiger partial charge >= 0.3 is 0 Å². The van der Waals surface area contributed by atoms with Crippen LogP contribution >= 0.6 is 24.0 Å². The Kier molecular flexibility index (Phi) is 9.64. The van der Waals surface area contributed by atoms with E-state index in [2.05, 4.69) is 15.2 Å². The molecule has 5 heteroatoms. The molecule has 21 heavy (non-hydrogen) atoms. The van der Waals surface area contributed by atoms with E-state index in [9.17, 15) is 0 Å². The first-order valence-electron chi connectivity index (χ1n) is 8.38. The molecule has 0 aromatic heterocycles. The standard InChI is InChI=1S/C16H31N3O.HI/c1-3-20-11-7-6-10-18-16(17-2)19-12-14-8-4-5-9-15(14)13-19;/h14-15H,3-13H2,1-2H3,(H,17,18);1H. The van der Waals surface area contributed by atoms with E-state index in [0.717, 1.165) is 50.4 Å². The summed E-state index contributed by atoms with van der Waals surface area (Å²) in [6.07, 6.45) is 7.98. The van der Waals surface area contributed by atoms with E-state index in [1.54, 1.807) is 0 Å². The molecule has 2 aliphatic rings. The smallest absolute Gasteiger partial charge is 0.193 e. The number of aliphatic imine (C=N–C) groups is 1. The van der Waals surface area contributed by atoms with E-state index >= 15 is 0 Å². The number of halogens is 1. The molecular formula is C16H32IN3O. The second-order valence-corrected chi connectivity index (χ2v) is 6.09. The lowest BCUT2D eigenvalue weighted by Gasteiger charge is -2.22. The topological polar surface area (TPSA) is 36.9 Å². The second-order valence-electron chi connectivity index (χ2n) is 6.09. The van der Waals surface area contributed by atoms with Crippen LogP contribution in [0.25, 0.3) is 0 Å². The van der Waals surface area contributed by atoms with Crippen LogP contribution in [0.3, 0.4) is 0 Å². The fraction of sp³-hybridized carbons (Fsp3) is 0.938. The third-order valence-corrected chi connectivity index (χ3v) is 4.69. The Morgan fingerprint density at radius 2 is 1.86 bits per heavy atom. The molecule has 4 nitrogen and oxygen atoms in total. The highest BCUT2D eigenvalue weighted by Crippen LogP contribution is 2.35. The summed E-state index contributed by atoms with van der Waals surface area (Å²) >= 11 is 0. The van der Waals surface area contributed by atoms with Gasteiger partial charge in [0, 0.05) is 39.9 Å². The zero-order valence-electron chi connectivity index (χ0n) is 13.6. The van der Waals surface area contributed by atoms with Crippen LogP contribution in [0, 0.1) is 11.8 Å². The third kappa shape index (κ3) is 5.93. The van der Waals surface area contributed by atoms with Crippen molar-refractivity contribution in [1.82, 2.24) is 10.2 Å². The van der Waals surface area contributed by atoms with Crippen LogP contribution in [0.15, 0.2) is 4.99 Å². The Morgan fingerprint density at radius 1 is 1.19 bits per heavy atom. The summed E-state index contributed by atoms with van der Waals surface area (Å²) in [6, 6.07) is 0. The zero-order valence-corrected chi connectivity index (χ0v) is 16.0. The highest BCUT2D eigenvalue weighted by atomic mass is 127. The first kappa shape index (κ1) is 19.0. The van der Waals surface area contributed by atoms with Crippen molar-refractivity contribution in [1.29, 1.82) is 0 Å². The number of nitrogens with one attached hydrogen (secondary N) is 1. The van der Waals surface area contributed by atoms with Crippen molar-refractivity contribution in [2.75, 3.05) is 39.9 Å². The van der Waals surface area contributed by atoms with E-state index in [1.807, 2.05) is 14.0 Å². The summed E-state index contributed by atoms with van der Waals surface area (Å²) in [5.41, 5.74) is 0. The maximum absolute atomic E-state index is 5.36. The fourth-order valence-electron chi connectivity index (χ4n) is 3.58. The Bertz CT molecular complexity index is 298. The third-order valence-electron chi connectivity index (χ3n) is 4.69. The molecule has 0 aromatic carbocycles. The lowest BCUT2D eigenvalue weighted by Crippen LogP contribution is -2.40. The first-order chi connectivity index (χ1) is 9.85. The van der Waals surface area contributed by atoms with Crippen LogP contribution in [0.4, 0.5) is 0 Å². The Morgan fingerprint density at radius 3 is 2.43 bits per heavy atom. The van der Waals surface area contributed by atoms with Crippen LogP contribution < -0.4 is 5.32 Å².